The second-order valence-corrected chi connectivity index (χ2v) is 2.57. The molecule has 1 unspecified atom stereocenters. The van der Waals surface area contributed by atoms with E-state index in [-0.39, 0.29) is 24.1 Å². The van der Waals surface area contributed by atoms with Gasteiger partial charge in [-0.1, -0.05) is 0 Å². The highest BCUT2D eigenvalue weighted by molar-refractivity contribution is 5.88. The molecule has 0 aromatic heterocycles. The maximum atomic E-state index is 11.0. The van der Waals surface area contributed by atoms with Gasteiger partial charge in [0.2, 0.25) is 0 Å². The van der Waals surface area contributed by atoms with Crippen molar-refractivity contribution in [2.75, 3.05) is 20.2 Å². The molecule has 1 saturated heterocycles. The monoisotopic (exact) mass is 157 g/mol. The molecule has 4 heteroatoms. The fourth-order valence-electron chi connectivity index (χ4n) is 1.10. The summed E-state index contributed by atoms with van der Waals surface area (Å²) in [5, 5.41) is 2.89. The summed E-state index contributed by atoms with van der Waals surface area (Å²) in [4.78, 5) is 21.7. The Kier molecular flexibility index (Phi) is 2.59. The largest absolute Gasteiger partial charge is 0.469 e. The SMILES string of the molecule is COC(=O)CC1CNCC1=O. The lowest BCUT2D eigenvalue weighted by atomic mass is 10.0. The van der Waals surface area contributed by atoms with E-state index in [4.69, 9.17) is 0 Å². The van der Waals surface area contributed by atoms with Crippen LogP contribution in [0.15, 0.2) is 0 Å². The van der Waals surface area contributed by atoms with Gasteiger partial charge in [0.25, 0.3) is 0 Å². The van der Waals surface area contributed by atoms with E-state index in [1.54, 1.807) is 0 Å². The third kappa shape index (κ3) is 2.01. The molecule has 0 bridgehead atoms. The van der Waals surface area contributed by atoms with Crippen molar-refractivity contribution in [1.29, 1.82) is 0 Å². The molecule has 0 aliphatic carbocycles. The Morgan fingerprint density at radius 2 is 2.55 bits per heavy atom. The van der Waals surface area contributed by atoms with E-state index in [9.17, 15) is 9.59 Å². The minimum absolute atomic E-state index is 0.107. The van der Waals surface area contributed by atoms with Crippen LogP contribution in [0.2, 0.25) is 0 Å². The van der Waals surface area contributed by atoms with Crippen molar-refractivity contribution in [2.24, 2.45) is 5.92 Å². The topological polar surface area (TPSA) is 55.4 Å². The summed E-state index contributed by atoms with van der Waals surface area (Å²) in [7, 11) is 1.33. The second kappa shape index (κ2) is 3.48. The van der Waals surface area contributed by atoms with Gasteiger partial charge in [0.1, 0.15) is 0 Å². The molecule has 11 heavy (non-hydrogen) atoms. The summed E-state index contributed by atoms with van der Waals surface area (Å²) in [6.45, 7) is 0.996. The number of nitrogens with one attached hydrogen (secondary N) is 1. The molecule has 0 aromatic carbocycles. The lowest BCUT2D eigenvalue weighted by molar-refractivity contribution is -0.143. The lowest BCUT2D eigenvalue weighted by Gasteiger charge is -2.03. The molecular formula is C7H11NO3. The Hall–Kier alpha value is -0.900. The predicted octanol–water partition coefficient (Wildman–Crippen LogP) is -0.662. The molecule has 1 aliphatic heterocycles. The van der Waals surface area contributed by atoms with Gasteiger partial charge >= 0.3 is 5.97 Å². The Balaban J connectivity index is 2.36. The summed E-state index contributed by atoms with van der Waals surface area (Å²) >= 11 is 0. The van der Waals surface area contributed by atoms with Crippen molar-refractivity contribution in [2.45, 2.75) is 6.42 Å². The van der Waals surface area contributed by atoms with Gasteiger partial charge in [0.05, 0.1) is 20.1 Å². The zero-order valence-corrected chi connectivity index (χ0v) is 6.42. The number of esters is 1. The van der Waals surface area contributed by atoms with Gasteiger partial charge in [0.15, 0.2) is 5.78 Å². The fraction of sp³-hybridized carbons (Fsp3) is 0.714. The molecule has 1 fully saturated rings. The standard InChI is InChI=1S/C7H11NO3/c1-11-7(10)2-5-3-8-4-6(5)9/h5,8H,2-4H2,1H3. The maximum absolute atomic E-state index is 11.0. The first kappa shape index (κ1) is 8.20. The van der Waals surface area contributed by atoms with Crippen LogP contribution in [0, 0.1) is 5.92 Å². The average Bonchev–Trinajstić information content (AvgIpc) is 2.37. The van der Waals surface area contributed by atoms with Gasteiger partial charge < -0.3 is 10.1 Å². The van der Waals surface area contributed by atoms with Crippen LogP contribution >= 0.6 is 0 Å². The number of carbonyl (C=O) groups is 2. The molecule has 1 atom stereocenters. The third-order valence-corrected chi connectivity index (χ3v) is 1.79. The van der Waals surface area contributed by atoms with Crippen molar-refractivity contribution < 1.29 is 14.3 Å². The van der Waals surface area contributed by atoms with E-state index in [1.807, 2.05) is 0 Å². The number of carbonyl (C=O) groups excluding carboxylic acids is 2. The van der Waals surface area contributed by atoms with Crippen LogP contribution in [0.3, 0.4) is 0 Å². The van der Waals surface area contributed by atoms with E-state index < -0.39 is 0 Å². The van der Waals surface area contributed by atoms with Gasteiger partial charge in [-0.3, -0.25) is 9.59 Å². The summed E-state index contributed by atoms with van der Waals surface area (Å²) < 4.78 is 4.44. The van der Waals surface area contributed by atoms with Crippen LogP contribution in [0.5, 0.6) is 0 Å². The molecule has 62 valence electrons. The first-order valence-electron chi connectivity index (χ1n) is 3.54. The summed E-state index contributed by atoms with van der Waals surface area (Å²) in [6.07, 6.45) is 0.211. The van der Waals surface area contributed by atoms with E-state index in [2.05, 4.69) is 10.1 Å². The van der Waals surface area contributed by atoms with Crippen molar-refractivity contribution in [1.82, 2.24) is 5.32 Å². The van der Waals surface area contributed by atoms with Crippen LogP contribution in [0.1, 0.15) is 6.42 Å². The molecule has 0 spiro atoms. The molecule has 0 aromatic rings. The lowest BCUT2D eigenvalue weighted by Crippen LogP contribution is -2.17. The van der Waals surface area contributed by atoms with Gasteiger partial charge in [0, 0.05) is 12.5 Å². The molecular weight excluding hydrogens is 146 g/mol. The number of ketones is 1. The quantitative estimate of drug-likeness (QED) is 0.540. The predicted molar refractivity (Wildman–Crippen MR) is 38.0 cm³/mol. The number of hydrogen-bond acceptors (Lipinski definition) is 4. The van der Waals surface area contributed by atoms with Gasteiger partial charge in [-0.05, 0) is 0 Å². The Morgan fingerprint density at radius 3 is 3.00 bits per heavy atom. The number of ether oxygens (including phenoxy) is 1. The Bertz CT molecular complexity index is 179. The van der Waals surface area contributed by atoms with Crippen molar-refractivity contribution in [3.05, 3.63) is 0 Å². The maximum Gasteiger partial charge on any atom is 0.306 e. The molecule has 0 saturated carbocycles. The zero-order chi connectivity index (χ0) is 8.27. The minimum Gasteiger partial charge on any atom is -0.469 e. The van der Waals surface area contributed by atoms with Gasteiger partial charge in [-0.25, -0.2) is 0 Å². The van der Waals surface area contributed by atoms with Crippen LogP contribution in [0.25, 0.3) is 0 Å². The van der Waals surface area contributed by atoms with Crippen LogP contribution in [-0.4, -0.2) is 32.0 Å². The summed E-state index contributed by atoms with van der Waals surface area (Å²) in [5.41, 5.74) is 0. The number of rotatable bonds is 2. The van der Waals surface area contributed by atoms with Gasteiger partial charge in [-0.2, -0.15) is 0 Å². The minimum atomic E-state index is -0.313. The normalized spacial score (nSPS) is 23.7. The molecule has 4 nitrogen and oxygen atoms in total. The second-order valence-electron chi connectivity index (χ2n) is 2.57. The van der Waals surface area contributed by atoms with Crippen LogP contribution in [0.4, 0.5) is 0 Å². The molecule has 0 amide bonds. The zero-order valence-electron chi connectivity index (χ0n) is 6.42. The molecule has 1 N–H and O–H groups in total. The van der Waals surface area contributed by atoms with E-state index in [0.29, 0.717) is 13.1 Å². The van der Waals surface area contributed by atoms with E-state index in [1.165, 1.54) is 7.11 Å². The van der Waals surface area contributed by atoms with Crippen LogP contribution < -0.4 is 5.32 Å². The average molecular weight is 157 g/mol. The van der Waals surface area contributed by atoms with Crippen LogP contribution in [-0.2, 0) is 14.3 Å². The smallest absolute Gasteiger partial charge is 0.306 e. The number of hydrogen-bond donors (Lipinski definition) is 1. The van der Waals surface area contributed by atoms with Gasteiger partial charge in [-0.15, -0.1) is 0 Å². The fourth-order valence-corrected chi connectivity index (χ4v) is 1.10. The van der Waals surface area contributed by atoms with E-state index in [0.717, 1.165) is 0 Å². The molecule has 1 heterocycles. The highest BCUT2D eigenvalue weighted by atomic mass is 16.5. The number of Topliss-reactive ketones (excluding diaryl/α,β-unsaturated/α-hetero) is 1. The first-order chi connectivity index (χ1) is 5.24. The van der Waals surface area contributed by atoms with Crippen molar-refractivity contribution in [3.8, 4) is 0 Å². The highest BCUT2D eigenvalue weighted by Gasteiger charge is 2.26. The Labute approximate surface area is 64.9 Å². The first-order valence-corrected chi connectivity index (χ1v) is 3.54. The van der Waals surface area contributed by atoms with Crippen molar-refractivity contribution >= 4 is 11.8 Å². The molecule has 1 rings (SSSR count). The summed E-state index contributed by atoms with van der Waals surface area (Å²) in [5.74, 6) is -0.370. The number of methoxy groups -OCH3 is 1. The van der Waals surface area contributed by atoms with E-state index >= 15 is 0 Å². The molecule has 1 aliphatic rings. The highest BCUT2D eigenvalue weighted by Crippen LogP contribution is 2.08. The summed E-state index contributed by atoms with van der Waals surface area (Å²) in [6, 6.07) is 0. The Morgan fingerprint density at radius 1 is 1.82 bits per heavy atom. The van der Waals surface area contributed by atoms with Crippen molar-refractivity contribution in [3.63, 3.8) is 0 Å². The third-order valence-electron chi connectivity index (χ3n) is 1.79. The molecule has 0 radical (unpaired) electrons.